The number of carbonyl (C=O) groups is 2. The lowest BCUT2D eigenvalue weighted by Crippen LogP contribution is -2.16. The molecule has 164 valence electrons. The number of hydrogen-bond donors (Lipinski definition) is 2. The first-order chi connectivity index (χ1) is 16.0. The van der Waals surface area contributed by atoms with Crippen LogP contribution in [0.2, 0.25) is 0 Å². The first-order valence-corrected chi connectivity index (χ1v) is 10.7. The van der Waals surface area contributed by atoms with Gasteiger partial charge in [0.2, 0.25) is 5.76 Å². The minimum absolute atomic E-state index is 0.107. The fourth-order valence-corrected chi connectivity index (χ4v) is 3.98. The summed E-state index contributed by atoms with van der Waals surface area (Å²) in [6.45, 7) is 0.350. The van der Waals surface area contributed by atoms with Gasteiger partial charge in [0.1, 0.15) is 11.3 Å². The van der Waals surface area contributed by atoms with E-state index >= 15 is 0 Å². The fourth-order valence-electron chi connectivity index (χ4n) is 3.60. The Hall–Kier alpha value is -4.11. The maximum absolute atomic E-state index is 12.5. The molecule has 33 heavy (non-hydrogen) atoms. The Kier molecular flexibility index (Phi) is 5.31. The van der Waals surface area contributed by atoms with Gasteiger partial charge in [-0.25, -0.2) is 10.2 Å². The lowest BCUT2D eigenvalue weighted by molar-refractivity contribution is 0.0660. The summed E-state index contributed by atoms with van der Waals surface area (Å²) in [4.78, 5) is 23.5. The average Bonchev–Trinajstić information content (AvgIpc) is 3.52. The van der Waals surface area contributed by atoms with Crippen molar-refractivity contribution >= 4 is 55.9 Å². The predicted molar refractivity (Wildman–Crippen MR) is 126 cm³/mol. The highest BCUT2D eigenvalue weighted by atomic mass is 79.9. The predicted octanol–water partition coefficient (Wildman–Crippen LogP) is 5.25. The Labute approximate surface area is 195 Å². The molecule has 9 heteroatoms. The number of hydrogen-bond acceptors (Lipinski definition) is 5. The van der Waals surface area contributed by atoms with Crippen molar-refractivity contribution in [2.75, 3.05) is 0 Å². The van der Waals surface area contributed by atoms with E-state index in [0.717, 1.165) is 26.3 Å². The van der Waals surface area contributed by atoms with Crippen LogP contribution in [-0.4, -0.2) is 27.8 Å². The first-order valence-electron chi connectivity index (χ1n) is 9.90. The molecule has 2 N–H and O–H groups in total. The van der Waals surface area contributed by atoms with Gasteiger partial charge in [0.05, 0.1) is 12.8 Å². The first kappa shape index (κ1) is 20.8. The normalized spacial score (nSPS) is 11.5. The number of nitrogens with one attached hydrogen (secondary N) is 1. The molecule has 0 spiro atoms. The summed E-state index contributed by atoms with van der Waals surface area (Å²) in [5.41, 5.74) is 4.80. The molecule has 0 radical (unpaired) electrons. The van der Waals surface area contributed by atoms with Crippen LogP contribution in [-0.2, 0) is 6.54 Å². The van der Waals surface area contributed by atoms with Gasteiger partial charge >= 0.3 is 11.9 Å². The monoisotopic (exact) mass is 505 g/mol. The number of aromatic carboxylic acids is 1. The van der Waals surface area contributed by atoms with E-state index in [4.69, 9.17) is 13.9 Å². The number of rotatable bonds is 6. The van der Waals surface area contributed by atoms with Gasteiger partial charge in [-0.15, -0.1) is 0 Å². The third-order valence-corrected chi connectivity index (χ3v) is 5.58. The Morgan fingerprint density at radius 1 is 1.06 bits per heavy atom. The number of amides is 1. The number of carboxylic acids is 1. The van der Waals surface area contributed by atoms with Crippen LogP contribution in [0.5, 0.6) is 0 Å². The van der Waals surface area contributed by atoms with Crippen LogP contribution in [0.25, 0.3) is 21.9 Å². The molecule has 0 fully saturated rings. The van der Waals surface area contributed by atoms with Crippen LogP contribution in [0.1, 0.15) is 32.4 Å². The highest BCUT2D eigenvalue weighted by molar-refractivity contribution is 9.10. The molecule has 0 unspecified atom stereocenters. The van der Waals surface area contributed by atoms with Gasteiger partial charge in [0.15, 0.2) is 5.76 Å². The molecular weight excluding hydrogens is 490 g/mol. The number of halogens is 1. The second-order valence-corrected chi connectivity index (χ2v) is 8.21. The van der Waals surface area contributed by atoms with Crippen LogP contribution in [0.15, 0.2) is 85.3 Å². The summed E-state index contributed by atoms with van der Waals surface area (Å²) in [5.74, 6) is -1.00. The van der Waals surface area contributed by atoms with Crippen LogP contribution < -0.4 is 5.43 Å². The van der Waals surface area contributed by atoms with Crippen molar-refractivity contribution in [3.05, 3.63) is 94.2 Å². The third-order valence-electron chi connectivity index (χ3n) is 5.09. The van der Waals surface area contributed by atoms with Crippen molar-refractivity contribution in [2.45, 2.75) is 6.54 Å². The van der Waals surface area contributed by atoms with E-state index in [0.29, 0.717) is 17.9 Å². The van der Waals surface area contributed by atoms with Crippen molar-refractivity contribution in [3.8, 4) is 0 Å². The molecule has 5 aromatic rings. The zero-order valence-electron chi connectivity index (χ0n) is 17.0. The van der Waals surface area contributed by atoms with Gasteiger partial charge in [-0.3, -0.25) is 4.79 Å². The van der Waals surface area contributed by atoms with Crippen molar-refractivity contribution in [3.63, 3.8) is 0 Å². The number of carboxylic acid groups (broad SMARTS) is 1. The van der Waals surface area contributed by atoms with E-state index in [1.165, 1.54) is 6.07 Å². The number of fused-ring (bicyclic) bond motifs is 2. The largest absolute Gasteiger partial charge is 0.475 e. The fraction of sp³-hybridized carbons (Fsp3) is 0.0417. The summed E-state index contributed by atoms with van der Waals surface area (Å²) >= 11 is 3.40. The van der Waals surface area contributed by atoms with E-state index in [1.54, 1.807) is 24.4 Å². The van der Waals surface area contributed by atoms with E-state index in [-0.39, 0.29) is 11.5 Å². The van der Waals surface area contributed by atoms with Gasteiger partial charge < -0.3 is 18.5 Å². The standard InChI is InChI=1S/C24H16BrN3O5/c25-16-5-7-20-14(9-16)10-22(33-20)23(29)27-26-11-15-12-28(19-4-2-1-3-18(15)19)13-17-6-8-21(32-17)24(30)31/h1-12H,13H2,(H,27,29)(H,30,31)/b26-11+. The van der Waals surface area contributed by atoms with Gasteiger partial charge in [-0.1, -0.05) is 34.1 Å². The molecule has 3 heterocycles. The van der Waals surface area contributed by atoms with Gasteiger partial charge in [0, 0.05) is 32.5 Å². The number of aromatic nitrogens is 1. The molecule has 0 saturated carbocycles. The molecule has 0 saturated heterocycles. The SMILES string of the molecule is O=C(O)c1ccc(Cn2cc(/C=N/NC(=O)c3cc4cc(Br)ccc4o3)c3ccccc32)o1. The second-order valence-electron chi connectivity index (χ2n) is 7.29. The van der Waals surface area contributed by atoms with Crippen molar-refractivity contribution in [1.29, 1.82) is 0 Å². The second kappa shape index (κ2) is 8.44. The number of hydrazone groups is 1. The van der Waals surface area contributed by atoms with Crippen molar-refractivity contribution in [2.24, 2.45) is 5.10 Å². The van der Waals surface area contributed by atoms with Crippen LogP contribution >= 0.6 is 15.9 Å². The lowest BCUT2D eigenvalue weighted by atomic mass is 10.2. The minimum Gasteiger partial charge on any atom is -0.475 e. The number of carbonyl (C=O) groups excluding carboxylic acids is 1. The molecule has 0 aliphatic carbocycles. The molecule has 0 aliphatic heterocycles. The molecule has 0 atom stereocenters. The molecule has 8 nitrogen and oxygen atoms in total. The van der Waals surface area contributed by atoms with Crippen LogP contribution in [0.4, 0.5) is 0 Å². The zero-order chi connectivity index (χ0) is 22.9. The summed E-state index contributed by atoms with van der Waals surface area (Å²) in [6.07, 6.45) is 3.42. The minimum atomic E-state index is -1.11. The molecule has 2 aromatic carbocycles. The van der Waals surface area contributed by atoms with Gasteiger partial charge in [0.25, 0.3) is 0 Å². The van der Waals surface area contributed by atoms with Gasteiger partial charge in [-0.2, -0.15) is 5.10 Å². The number of para-hydroxylation sites is 1. The smallest absolute Gasteiger partial charge is 0.371 e. The maximum atomic E-state index is 12.5. The Morgan fingerprint density at radius 3 is 2.73 bits per heavy atom. The summed E-state index contributed by atoms with van der Waals surface area (Å²) in [5, 5.41) is 14.9. The molecule has 3 aromatic heterocycles. The quantitative estimate of drug-likeness (QED) is 0.241. The Morgan fingerprint density at radius 2 is 1.91 bits per heavy atom. The molecule has 0 bridgehead atoms. The van der Waals surface area contributed by atoms with E-state index in [1.807, 2.05) is 47.2 Å². The topological polar surface area (TPSA) is 110 Å². The zero-order valence-corrected chi connectivity index (χ0v) is 18.6. The number of nitrogens with zero attached hydrogens (tertiary/aromatic N) is 2. The van der Waals surface area contributed by atoms with E-state index in [2.05, 4.69) is 26.5 Å². The summed E-state index contributed by atoms with van der Waals surface area (Å²) in [6, 6.07) is 17.9. The van der Waals surface area contributed by atoms with Crippen molar-refractivity contribution in [1.82, 2.24) is 9.99 Å². The molecule has 5 rings (SSSR count). The summed E-state index contributed by atoms with van der Waals surface area (Å²) in [7, 11) is 0. The van der Waals surface area contributed by atoms with E-state index in [9.17, 15) is 9.59 Å². The van der Waals surface area contributed by atoms with Crippen LogP contribution in [0, 0.1) is 0 Å². The highest BCUT2D eigenvalue weighted by Gasteiger charge is 2.14. The maximum Gasteiger partial charge on any atom is 0.371 e. The Balaban J connectivity index is 1.36. The van der Waals surface area contributed by atoms with Gasteiger partial charge in [-0.05, 0) is 42.5 Å². The number of benzene rings is 2. The molecule has 1 amide bonds. The summed E-state index contributed by atoms with van der Waals surface area (Å²) < 4.78 is 13.8. The van der Waals surface area contributed by atoms with Crippen molar-refractivity contribution < 1.29 is 23.5 Å². The molecular formula is C24H16BrN3O5. The Bertz CT molecular complexity index is 1540. The molecule has 0 aliphatic rings. The third kappa shape index (κ3) is 4.18. The average molecular weight is 506 g/mol. The van der Waals surface area contributed by atoms with Crippen LogP contribution in [0.3, 0.4) is 0 Å². The number of furan rings is 2. The highest BCUT2D eigenvalue weighted by Crippen LogP contribution is 2.24. The lowest BCUT2D eigenvalue weighted by Gasteiger charge is -2.02. The van der Waals surface area contributed by atoms with E-state index < -0.39 is 11.9 Å².